The van der Waals surface area contributed by atoms with Gasteiger partial charge >= 0.3 is 6.03 Å². The van der Waals surface area contributed by atoms with Crippen LogP contribution in [0.2, 0.25) is 0 Å². The summed E-state index contributed by atoms with van der Waals surface area (Å²) in [6.45, 7) is 4.64. The number of rotatable bonds is 10. The minimum Gasteiger partial charge on any atom is -0.461 e. The van der Waals surface area contributed by atoms with E-state index in [9.17, 15) is 9.59 Å². The van der Waals surface area contributed by atoms with Crippen molar-refractivity contribution < 1.29 is 14.0 Å². The largest absolute Gasteiger partial charge is 0.461 e. The first-order chi connectivity index (χ1) is 13.0. The molecule has 27 heavy (non-hydrogen) atoms. The number of carbonyl (C=O) groups is 2. The fourth-order valence-electron chi connectivity index (χ4n) is 3.28. The highest BCUT2D eigenvalue weighted by atomic mass is 16.3. The summed E-state index contributed by atoms with van der Waals surface area (Å²) >= 11 is 0. The maximum absolute atomic E-state index is 12.9. The summed E-state index contributed by atoms with van der Waals surface area (Å²) in [5.74, 6) is 0.805. The van der Waals surface area contributed by atoms with Crippen LogP contribution in [0.1, 0.15) is 57.3 Å². The van der Waals surface area contributed by atoms with Crippen LogP contribution >= 0.6 is 0 Å². The van der Waals surface area contributed by atoms with Crippen molar-refractivity contribution >= 4 is 22.9 Å². The van der Waals surface area contributed by atoms with Gasteiger partial charge in [-0.1, -0.05) is 51.3 Å². The first-order valence-corrected chi connectivity index (χ1v) is 9.78. The van der Waals surface area contributed by atoms with E-state index in [1.807, 2.05) is 31.2 Å². The van der Waals surface area contributed by atoms with Gasteiger partial charge in [0.05, 0.1) is 0 Å². The molecule has 0 saturated heterocycles. The molecule has 0 radical (unpaired) electrons. The van der Waals surface area contributed by atoms with Crippen molar-refractivity contribution in [2.75, 3.05) is 7.05 Å². The molecule has 1 aromatic carbocycles. The van der Waals surface area contributed by atoms with Crippen LogP contribution < -0.4 is 11.1 Å². The fraction of sp³-hybridized carbons (Fsp3) is 0.524. The second-order valence-electron chi connectivity index (χ2n) is 7.00. The molecule has 0 fully saturated rings. The number of aryl methyl sites for hydroxylation is 1. The normalized spacial score (nSPS) is 12.1. The number of likely N-dealkylation sites (N-methyl/N-ethyl adjacent to an activating group) is 1. The van der Waals surface area contributed by atoms with Crippen molar-refractivity contribution in [1.29, 1.82) is 0 Å². The molecule has 0 aliphatic heterocycles. The van der Waals surface area contributed by atoms with Crippen LogP contribution in [0.3, 0.4) is 0 Å². The van der Waals surface area contributed by atoms with Crippen molar-refractivity contribution in [3.05, 3.63) is 35.6 Å². The average Bonchev–Trinajstić information content (AvgIpc) is 3.00. The van der Waals surface area contributed by atoms with Crippen LogP contribution in [0.5, 0.6) is 0 Å². The van der Waals surface area contributed by atoms with Gasteiger partial charge in [-0.05, 0) is 18.9 Å². The molecule has 1 atom stereocenters. The fourth-order valence-corrected chi connectivity index (χ4v) is 3.28. The van der Waals surface area contributed by atoms with E-state index in [4.69, 9.17) is 10.2 Å². The smallest absolute Gasteiger partial charge is 0.312 e. The standard InChI is InChI=1S/C21H31N3O3/c1-4-6-11-17(23-21(22)26)20(25)24(3)14-16-15-10-8-9-13-18(15)27-19(16)12-7-5-2/h8-10,13,17H,4-7,11-12,14H2,1-3H3,(H3,22,23,26). The van der Waals surface area contributed by atoms with Crippen LogP contribution in [0.15, 0.2) is 28.7 Å². The third-order valence-corrected chi connectivity index (χ3v) is 4.77. The minimum absolute atomic E-state index is 0.131. The Morgan fingerprint density at radius 1 is 1.19 bits per heavy atom. The van der Waals surface area contributed by atoms with E-state index in [1.54, 1.807) is 11.9 Å². The van der Waals surface area contributed by atoms with E-state index >= 15 is 0 Å². The summed E-state index contributed by atoms with van der Waals surface area (Å²) < 4.78 is 6.04. The van der Waals surface area contributed by atoms with Crippen molar-refractivity contribution in [3.8, 4) is 0 Å². The number of nitrogens with zero attached hydrogens (tertiary/aromatic N) is 1. The number of hydrogen-bond donors (Lipinski definition) is 2. The maximum atomic E-state index is 12.9. The van der Waals surface area contributed by atoms with Crippen LogP contribution in [0.25, 0.3) is 11.0 Å². The minimum atomic E-state index is -0.671. The molecule has 2 aromatic rings. The molecule has 0 bridgehead atoms. The summed E-state index contributed by atoms with van der Waals surface area (Å²) in [6, 6.07) is 6.64. The first-order valence-electron chi connectivity index (χ1n) is 9.78. The molecule has 2 rings (SSSR count). The molecule has 0 aliphatic carbocycles. The summed E-state index contributed by atoms with van der Waals surface area (Å²) in [5, 5.41) is 3.62. The molecule has 1 heterocycles. The molecule has 0 spiro atoms. The van der Waals surface area contributed by atoms with Gasteiger partial charge in [0.2, 0.25) is 5.91 Å². The molecule has 148 valence electrons. The van der Waals surface area contributed by atoms with Gasteiger partial charge in [0.1, 0.15) is 17.4 Å². The summed E-state index contributed by atoms with van der Waals surface area (Å²) in [7, 11) is 1.76. The highest BCUT2D eigenvalue weighted by molar-refractivity contribution is 5.87. The number of unbranched alkanes of at least 4 members (excludes halogenated alkanes) is 2. The van der Waals surface area contributed by atoms with E-state index in [1.165, 1.54) is 0 Å². The second kappa shape index (κ2) is 10.00. The topological polar surface area (TPSA) is 88.6 Å². The number of amides is 3. The zero-order valence-corrected chi connectivity index (χ0v) is 16.6. The highest BCUT2D eigenvalue weighted by Gasteiger charge is 2.25. The zero-order valence-electron chi connectivity index (χ0n) is 16.6. The Morgan fingerprint density at radius 2 is 1.89 bits per heavy atom. The van der Waals surface area contributed by atoms with Crippen molar-refractivity contribution in [2.45, 2.75) is 65.0 Å². The van der Waals surface area contributed by atoms with E-state index in [2.05, 4.69) is 12.2 Å². The Bertz CT molecular complexity index is 769. The molecule has 3 amide bonds. The molecular weight excluding hydrogens is 342 g/mol. The lowest BCUT2D eigenvalue weighted by molar-refractivity contribution is -0.132. The number of carbonyl (C=O) groups excluding carboxylic acids is 2. The first kappa shape index (κ1) is 20.8. The number of fused-ring (bicyclic) bond motifs is 1. The van der Waals surface area contributed by atoms with Gasteiger partial charge in [-0.2, -0.15) is 0 Å². The summed E-state index contributed by atoms with van der Waals surface area (Å²) in [4.78, 5) is 25.8. The zero-order chi connectivity index (χ0) is 19.8. The van der Waals surface area contributed by atoms with Crippen molar-refractivity contribution in [1.82, 2.24) is 10.2 Å². The van der Waals surface area contributed by atoms with Crippen LogP contribution in [0.4, 0.5) is 4.79 Å². The Labute approximate surface area is 161 Å². The number of primary amides is 1. The third kappa shape index (κ3) is 5.49. The lowest BCUT2D eigenvalue weighted by Crippen LogP contribution is -2.48. The predicted molar refractivity (Wildman–Crippen MR) is 107 cm³/mol. The average molecular weight is 373 g/mol. The van der Waals surface area contributed by atoms with Gasteiger partial charge in [-0.3, -0.25) is 4.79 Å². The Kier molecular flexibility index (Phi) is 7.70. The van der Waals surface area contributed by atoms with Crippen molar-refractivity contribution in [3.63, 3.8) is 0 Å². The third-order valence-electron chi connectivity index (χ3n) is 4.77. The molecule has 1 unspecified atom stereocenters. The van der Waals surface area contributed by atoms with Crippen molar-refractivity contribution in [2.24, 2.45) is 5.73 Å². The van der Waals surface area contributed by atoms with Gasteiger partial charge in [-0.15, -0.1) is 0 Å². The summed E-state index contributed by atoms with van der Waals surface area (Å²) in [6.07, 6.45) is 5.33. The molecular formula is C21H31N3O3. The SMILES string of the molecule is CCCCc1oc2ccccc2c1CN(C)C(=O)C(CCCC)NC(N)=O. The Hall–Kier alpha value is -2.50. The van der Waals surface area contributed by atoms with Crippen LogP contribution in [0, 0.1) is 0 Å². The molecule has 0 saturated carbocycles. The number of benzene rings is 1. The number of furan rings is 1. The summed E-state index contributed by atoms with van der Waals surface area (Å²) in [5.41, 5.74) is 7.15. The quantitative estimate of drug-likeness (QED) is 0.660. The molecule has 6 nitrogen and oxygen atoms in total. The van der Waals surface area contributed by atoms with E-state index in [0.29, 0.717) is 13.0 Å². The lowest BCUT2D eigenvalue weighted by atomic mass is 10.1. The van der Waals surface area contributed by atoms with E-state index in [-0.39, 0.29) is 5.91 Å². The number of nitrogens with two attached hydrogens (primary N) is 1. The van der Waals surface area contributed by atoms with Gasteiger partial charge in [0.15, 0.2) is 0 Å². The highest BCUT2D eigenvalue weighted by Crippen LogP contribution is 2.28. The van der Waals surface area contributed by atoms with Crippen LogP contribution in [-0.4, -0.2) is 29.9 Å². The van der Waals surface area contributed by atoms with E-state index in [0.717, 1.165) is 54.4 Å². The Balaban J connectivity index is 2.22. The van der Waals surface area contributed by atoms with Gasteiger partial charge < -0.3 is 20.4 Å². The Morgan fingerprint density at radius 3 is 2.56 bits per heavy atom. The number of para-hydroxylation sites is 1. The number of nitrogens with one attached hydrogen (secondary N) is 1. The number of hydrogen-bond acceptors (Lipinski definition) is 3. The monoisotopic (exact) mass is 373 g/mol. The molecule has 0 aliphatic rings. The van der Waals surface area contributed by atoms with Gasteiger partial charge in [0, 0.05) is 31.0 Å². The second-order valence-corrected chi connectivity index (χ2v) is 7.00. The lowest BCUT2D eigenvalue weighted by Gasteiger charge is -2.24. The van der Waals surface area contributed by atoms with Gasteiger partial charge in [0.25, 0.3) is 0 Å². The molecule has 6 heteroatoms. The van der Waals surface area contributed by atoms with Crippen LogP contribution in [-0.2, 0) is 17.8 Å². The van der Waals surface area contributed by atoms with E-state index < -0.39 is 12.1 Å². The molecule has 1 aromatic heterocycles. The maximum Gasteiger partial charge on any atom is 0.312 e. The molecule has 3 N–H and O–H groups in total. The number of urea groups is 1. The van der Waals surface area contributed by atoms with Gasteiger partial charge in [-0.25, -0.2) is 4.79 Å². The predicted octanol–water partition coefficient (Wildman–Crippen LogP) is 3.96.